The molecule has 1 atom stereocenters. The van der Waals surface area contributed by atoms with Gasteiger partial charge in [0.15, 0.2) is 0 Å². The molecule has 2 nitrogen and oxygen atoms in total. The third kappa shape index (κ3) is 3.03. The fourth-order valence-corrected chi connectivity index (χ4v) is 2.39. The highest BCUT2D eigenvalue weighted by molar-refractivity contribution is 7.09. The second-order valence-electron chi connectivity index (χ2n) is 3.74. The first kappa shape index (κ1) is 12.5. The summed E-state index contributed by atoms with van der Waals surface area (Å²) in [5, 5.41) is 13.2. The molecule has 1 aromatic heterocycles. The predicted octanol–water partition coefficient (Wildman–Crippen LogP) is 3.52. The lowest BCUT2D eigenvalue weighted by Crippen LogP contribution is -2.04. The summed E-state index contributed by atoms with van der Waals surface area (Å²) < 4.78 is 13.5. The number of halogens is 2. The molecule has 0 radical (unpaired) electrons. The Morgan fingerprint density at radius 3 is 2.94 bits per heavy atom. The van der Waals surface area contributed by atoms with E-state index in [2.05, 4.69) is 4.98 Å². The van der Waals surface area contributed by atoms with Gasteiger partial charge in [-0.2, -0.15) is 0 Å². The van der Waals surface area contributed by atoms with Crippen LogP contribution in [0, 0.1) is 12.7 Å². The quantitative estimate of drug-likeness (QED) is 0.927. The zero-order chi connectivity index (χ0) is 12.4. The van der Waals surface area contributed by atoms with E-state index in [0.717, 1.165) is 10.7 Å². The topological polar surface area (TPSA) is 33.1 Å². The summed E-state index contributed by atoms with van der Waals surface area (Å²) in [6, 6.07) is 4.16. The maximum Gasteiger partial charge on any atom is 0.129 e. The maximum atomic E-state index is 13.5. The minimum Gasteiger partial charge on any atom is -0.388 e. The zero-order valence-corrected chi connectivity index (χ0v) is 10.7. The van der Waals surface area contributed by atoms with Crippen molar-refractivity contribution in [2.75, 3.05) is 0 Å². The molecular weight excluding hydrogens is 261 g/mol. The van der Waals surface area contributed by atoms with Crippen molar-refractivity contribution in [3.63, 3.8) is 0 Å². The highest BCUT2D eigenvalue weighted by Crippen LogP contribution is 2.24. The average Bonchev–Trinajstić information content (AvgIpc) is 2.67. The van der Waals surface area contributed by atoms with E-state index in [1.54, 1.807) is 0 Å². The van der Waals surface area contributed by atoms with Gasteiger partial charge in [0.05, 0.1) is 16.8 Å². The van der Waals surface area contributed by atoms with E-state index in [4.69, 9.17) is 11.6 Å². The van der Waals surface area contributed by atoms with Gasteiger partial charge in [-0.05, 0) is 25.1 Å². The Kier molecular flexibility index (Phi) is 3.76. The van der Waals surface area contributed by atoms with Crippen LogP contribution in [0.3, 0.4) is 0 Å². The van der Waals surface area contributed by atoms with Crippen molar-refractivity contribution in [2.45, 2.75) is 19.4 Å². The second-order valence-corrected chi connectivity index (χ2v) is 5.24. The Morgan fingerprint density at radius 2 is 2.29 bits per heavy atom. The predicted molar refractivity (Wildman–Crippen MR) is 66.9 cm³/mol. The number of aliphatic hydroxyl groups is 1. The van der Waals surface area contributed by atoms with Crippen LogP contribution < -0.4 is 0 Å². The lowest BCUT2D eigenvalue weighted by atomic mass is 10.0. The van der Waals surface area contributed by atoms with Crippen molar-refractivity contribution in [3.05, 3.63) is 50.7 Å². The molecule has 0 spiro atoms. The number of benzene rings is 1. The molecule has 1 N–H and O–H groups in total. The van der Waals surface area contributed by atoms with Gasteiger partial charge in [-0.25, -0.2) is 9.37 Å². The van der Waals surface area contributed by atoms with Gasteiger partial charge >= 0.3 is 0 Å². The average molecular weight is 272 g/mol. The Bertz CT molecular complexity index is 529. The number of aliphatic hydroxyl groups excluding tert-OH is 1. The highest BCUT2D eigenvalue weighted by atomic mass is 35.5. The van der Waals surface area contributed by atoms with Crippen molar-refractivity contribution in [3.8, 4) is 0 Å². The number of hydrogen-bond acceptors (Lipinski definition) is 3. The summed E-state index contributed by atoms with van der Waals surface area (Å²) in [5.41, 5.74) is 0.975. The molecule has 17 heavy (non-hydrogen) atoms. The molecule has 0 amide bonds. The molecule has 0 aliphatic carbocycles. The molecule has 2 rings (SSSR count). The first-order valence-corrected chi connectivity index (χ1v) is 6.36. The lowest BCUT2D eigenvalue weighted by Gasteiger charge is -2.10. The molecule has 1 unspecified atom stereocenters. The van der Waals surface area contributed by atoms with Crippen molar-refractivity contribution in [1.29, 1.82) is 0 Å². The molecule has 0 saturated heterocycles. The SMILES string of the molecule is Cc1nc(CC(O)c2cc(Cl)ccc2F)cs1. The summed E-state index contributed by atoms with van der Waals surface area (Å²) in [6.07, 6.45) is -0.628. The molecule has 90 valence electrons. The molecule has 5 heteroatoms. The van der Waals surface area contributed by atoms with Gasteiger partial charge in [0.25, 0.3) is 0 Å². The van der Waals surface area contributed by atoms with Crippen LogP contribution in [0.25, 0.3) is 0 Å². The Balaban J connectivity index is 2.19. The summed E-state index contributed by atoms with van der Waals surface area (Å²) in [4.78, 5) is 4.23. The molecular formula is C12H11ClFNOS. The first-order chi connectivity index (χ1) is 8.06. The van der Waals surface area contributed by atoms with Crippen LogP contribution in [0.5, 0.6) is 0 Å². The van der Waals surface area contributed by atoms with E-state index in [-0.39, 0.29) is 5.56 Å². The van der Waals surface area contributed by atoms with Gasteiger partial charge < -0.3 is 5.11 Å². The maximum absolute atomic E-state index is 13.5. The standard InChI is InChI=1S/C12H11ClFNOS/c1-7-15-9(6-17-7)5-12(16)10-4-8(13)2-3-11(10)14/h2-4,6,12,16H,5H2,1H3. The molecule has 2 aromatic rings. The van der Waals surface area contributed by atoms with E-state index < -0.39 is 11.9 Å². The van der Waals surface area contributed by atoms with Crippen LogP contribution in [-0.2, 0) is 6.42 Å². The summed E-state index contributed by atoms with van der Waals surface area (Å²) in [6.45, 7) is 1.89. The third-order valence-corrected chi connectivity index (χ3v) is 3.44. The number of hydrogen-bond donors (Lipinski definition) is 1. The monoisotopic (exact) mass is 271 g/mol. The van der Waals surface area contributed by atoms with E-state index in [0.29, 0.717) is 11.4 Å². The Hall–Kier alpha value is -0.970. The number of nitrogens with zero attached hydrogens (tertiary/aromatic N) is 1. The molecule has 0 fully saturated rings. The first-order valence-electron chi connectivity index (χ1n) is 5.10. The fourth-order valence-electron chi connectivity index (χ4n) is 1.58. The molecule has 0 aliphatic heterocycles. The van der Waals surface area contributed by atoms with Gasteiger partial charge in [0, 0.05) is 22.4 Å². The van der Waals surface area contributed by atoms with Crippen LogP contribution >= 0.6 is 22.9 Å². The largest absolute Gasteiger partial charge is 0.388 e. The number of aryl methyl sites for hydroxylation is 1. The summed E-state index contributed by atoms with van der Waals surface area (Å²) >= 11 is 7.28. The smallest absolute Gasteiger partial charge is 0.129 e. The minimum absolute atomic E-state index is 0.211. The minimum atomic E-state index is -0.921. The van der Waals surface area contributed by atoms with Crippen molar-refractivity contribution < 1.29 is 9.50 Å². The van der Waals surface area contributed by atoms with E-state index in [9.17, 15) is 9.50 Å². The number of rotatable bonds is 3. The molecule has 0 aliphatic rings. The zero-order valence-electron chi connectivity index (χ0n) is 9.15. The van der Waals surface area contributed by atoms with E-state index >= 15 is 0 Å². The van der Waals surface area contributed by atoms with Gasteiger partial charge in [0.2, 0.25) is 0 Å². The highest BCUT2D eigenvalue weighted by Gasteiger charge is 2.15. The van der Waals surface area contributed by atoms with Crippen LogP contribution in [0.4, 0.5) is 4.39 Å². The Morgan fingerprint density at radius 1 is 1.53 bits per heavy atom. The van der Waals surface area contributed by atoms with E-state index in [1.807, 2.05) is 12.3 Å². The molecule has 1 aromatic carbocycles. The van der Waals surface area contributed by atoms with Crippen LogP contribution in [0.1, 0.15) is 22.4 Å². The van der Waals surface area contributed by atoms with Gasteiger partial charge in [0.1, 0.15) is 5.82 Å². The molecule has 1 heterocycles. The van der Waals surface area contributed by atoms with Gasteiger partial charge in [-0.3, -0.25) is 0 Å². The molecule has 0 saturated carbocycles. The van der Waals surface area contributed by atoms with Gasteiger partial charge in [-0.1, -0.05) is 11.6 Å². The van der Waals surface area contributed by atoms with Crippen molar-refractivity contribution in [2.24, 2.45) is 0 Å². The van der Waals surface area contributed by atoms with Crippen LogP contribution in [0.15, 0.2) is 23.6 Å². The summed E-state index contributed by atoms with van der Waals surface area (Å²) in [7, 11) is 0. The normalized spacial score (nSPS) is 12.7. The second kappa shape index (κ2) is 5.12. The van der Waals surface area contributed by atoms with Crippen LogP contribution in [-0.4, -0.2) is 10.1 Å². The molecule has 0 bridgehead atoms. The Labute approximate surface area is 108 Å². The third-order valence-electron chi connectivity index (χ3n) is 2.39. The number of thiazole rings is 1. The van der Waals surface area contributed by atoms with Crippen LogP contribution in [0.2, 0.25) is 5.02 Å². The van der Waals surface area contributed by atoms with Crippen molar-refractivity contribution >= 4 is 22.9 Å². The lowest BCUT2D eigenvalue weighted by molar-refractivity contribution is 0.172. The number of aromatic nitrogens is 1. The van der Waals surface area contributed by atoms with E-state index in [1.165, 1.54) is 29.5 Å². The van der Waals surface area contributed by atoms with Gasteiger partial charge in [-0.15, -0.1) is 11.3 Å². The summed E-state index contributed by atoms with van der Waals surface area (Å²) in [5.74, 6) is -0.450. The fraction of sp³-hybridized carbons (Fsp3) is 0.250. The van der Waals surface area contributed by atoms with Crippen molar-refractivity contribution in [1.82, 2.24) is 4.98 Å².